The molecule has 5 N–H and O–H groups in total. The zero-order valence-electron chi connectivity index (χ0n) is 21.9. The van der Waals surface area contributed by atoms with Crippen LogP contribution >= 0.6 is 22.9 Å². The van der Waals surface area contributed by atoms with Gasteiger partial charge in [0, 0.05) is 23.1 Å². The number of methoxy groups -OCH3 is 1. The lowest BCUT2D eigenvalue weighted by Gasteiger charge is -2.26. The summed E-state index contributed by atoms with van der Waals surface area (Å²) in [5, 5.41) is 11.8. The van der Waals surface area contributed by atoms with Gasteiger partial charge in [-0.3, -0.25) is 9.59 Å². The number of nitrogens with zero attached hydrogens (tertiary/aromatic N) is 2. The number of fused-ring (bicyclic) bond motifs is 2. The molecule has 0 spiro atoms. The molecular formula is C28H26ClFN4O5S. The minimum Gasteiger partial charge on any atom is -0.494 e. The number of primary amides is 1. The monoisotopic (exact) mass is 584 g/mol. The molecule has 0 saturated heterocycles. The first-order chi connectivity index (χ1) is 18.8. The largest absolute Gasteiger partial charge is 0.494 e. The highest BCUT2D eigenvalue weighted by atomic mass is 35.5. The zero-order valence-corrected chi connectivity index (χ0v) is 23.5. The summed E-state index contributed by atoms with van der Waals surface area (Å²) < 4.78 is 25.9. The number of carbonyl (C=O) groups is 2. The van der Waals surface area contributed by atoms with Crippen LogP contribution in [-0.2, 0) is 15.8 Å². The van der Waals surface area contributed by atoms with Crippen molar-refractivity contribution < 1.29 is 28.6 Å². The molecule has 2 aromatic carbocycles. The predicted molar refractivity (Wildman–Crippen MR) is 150 cm³/mol. The topological polar surface area (TPSA) is 151 Å². The van der Waals surface area contributed by atoms with E-state index in [0.29, 0.717) is 43.5 Å². The molecule has 40 heavy (non-hydrogen) atoms. The number of benzene rings is 2. The van der Waals surface area contributed by atoms with Gasteiger partial charge < -0.3 is 26.0 Å². The van der Waals surface area contributed by atoms with Crippen molar-refractivity contribution in [1.29, 1.82) is 0 Å². The Morgan fingerprint density at radius 2 is 2.02 bits per heavy atom. The van der Waals surface area contributed by atoms with Gasteiger partial charge in [0.2, 0.25) is 5.91 Å². The summed E-state index contributed by atoms with van der Waals surface area (Å²) in [5.74, 6) is -0.737. The highest BCUT2D eigenvalue weighted by Gasteiger charge is 2.45. The van der Waals surface area contributed by atoms with E-state index in [4.69, 9.17) is 32.5 Å². The summed E-state index contributed by atoms with van der Waals surface area (Å²) in [4.78, 5) is 34.5. The second-order valence-electron chi connectivity index (χ2n) is 10.1. The standard InChI is InChI=1S/C28H26ClFN4O5S/c1-27(25(31)36)12-39-24-15(27)11-21(33-22(24)13-4-5-17(30)16(29)8-13)28(2,37)7-6-18(35)14-9-19(38-3)23-20(10-14)40-26(32)34-23/h4-5,8-11,37H,6-7,12H2,1-3H3,(H2,31,36)(H2,32,34)/t27-,28-/m0/s1. The number of hydrogen-bond donors (Lipinski definition) is 3. The van der Waals surface area contributed by atoms with E-state index < -0.39 is 22.7 Å². The van der Waals surface area contributed by atoms with Crippen LogP contribution in [0, 0.1) is 5.82 Å². The second-order valence-corrected chi connectivity index (χ2v) is 11.6. The summed E-state index contributed by atoms with van der Waals surface area (Å²) in [7, 11) is 1.48. The van der Waals surface area contributed by atoms with Crippen LogP contribution in [0.2, 0.25) is 5.02 Å². The fraction of sp³-hybridized carbons (Fsp3) is 0.286. The molecule has 1 amide bonds. The average molecular weight is 585 g/mol. The molecule has 0 bridgehead atoms. The minimum atomic E-state index is -1.60. The van der Waals surface area contributed by atoms with Crippen molar-refractivity contribution in [2.24, 2.45) is 5.73 Å². The molecular weight excluding hydrogens is 559 g/mol. The fourth-order valence-electron chi connectivity index (χ4n) is 4.66. The van der Waals surface area contributed by atoms with Crippen molar-refractivity contribution in [2.75, 3.05) is 19.5 Å². The number of nitrogens with two attached hydrogens (primary N) is 2. The summed E-state index contributed by atoms with van der Waals surface area (Å²) in [6.07, 6.45) is -0.0312. The second kappa shape index (κ2) is 9.99. The van der Waals surface area contributed by atoms with Crippen LogP contribution < -0.4 is 20.9 Å². The molecule has 0 saturated carbocycles. The number of ketones is 1. The maximum absolute atomic E-state index is 13.9. The van der Waals surface area contributed by atoms with Gasteiger partial charge >= 0.3 is 0 Å². The molecule has 3 heterocycles. The van der Waals surface area contributed by atoms with Crippen LogP contribution in [0.4, 0.5) is 9.52 Å². The molecule has 9 nitrogen and oxygen atoms in total. The predicted octanol–water partition coefficient (Wildman–Crippen LogP) is 4.75. The number of ether oxygens (including phenoxy) is 2. The lowest BCUT2D eigenvalue weighted by Crippen LogP contribution is -2.40. The molecule has 0 fully saturated rings. The molecule has 4 aromatic rings. The molecule has 1 aliphatic heterocycles. The molecule has 0 radical (unpaired) electrons. The molecule has 1 aliphatic rings. The van der Waals surface area contributed by atoms with Gasteiger partial charge in [-0.2, -0.15) is 0 Å². The van der Waals surface area contributed by atoms with Crippen LogP contribution in [0.3, 0.4) is 0 Å². The Morgan fingerprint density at radius 3 is 2.70 bits per heavy atom. The molecule has 208 valence electrons. The number of aromatic nitrogens is 2. The van der Waals surface area contributed by atoms with Crippen LogP contribution in [0.1, 0.15) is 48.3 Å². The van der Waals surface area contributed by atoms with Crippen LogP contribution in [0.5, 0.6) is 11.5 Å². The van der Waals surface area contributed by atoms with Crippen LogP contribution in [0.15, 0.2) is 36.4 Å². The number of rotatable bonds is 8. The Bertz CT molecular complexity index is 1690. The van der Waals surface area contributed by atoms with E-state index in [1.165, 1.54) is 43.6 Å². The van der Waals surface area contributed by atoms with Gasteiger partial charge in [-0.15, -0.1) is 0 Å². The first kappa shape index (κ1) is 27.8. The molecule has 2 aromatic heterocycles. The number of carbonyl (C=O) groups excluding carboxylic acids is 2. The summed E-state index contributed by atoms with van der Waals surface area (Å²) >= 11 is 7.27. The van der Waals surface area contributed by atoms with E-state index in [1.54, 1.807) is 25.1 Å². The van der Waals surface area contributed by atoms with E-state index in [-0.39, 0.29) is 41.6 Å². The van der Waals surface area contributed by atoms with Gasteiger partial charge in [0.25, 0.3) is 0 Å². The van der Waals surface area contributed by atoms with Crippen LogP contribution in [-0.4, -0.2) is 40.5 Å². The van der Waals surface area contributed by atoms with Crippen molar-refractivity contribution in [3.05, 3.63) is 64.1 Å². The Balaban J connectivity index is 1.51. The number of amides is 1. The van der Waals surface area contributed by atoms with E-state index >= 15 is 0 Å². The average Bonchev–Trinajstić information content (AvgIpc) is 3.47. The summed E-state index contributed by atoms with van der Waals surface area (Å²) in [5.41, 5.74) is 11.0. The van der Waals surface area contributed by atoms with Gasteiger partial charge in [0.1, 0.15) is 46.1 Å². The maximum Gasteiger partial charge on any atom is 0.231 e. The number of anilines is 1. The number of halogens is 2. The normalized spacial score (nSPS) is 17.8. The minimum absolute atomic E-state index is 0.000554. The SMILES string of the molecule is COc1cc(C(=O)CC[C@](C)(O)c2cc3c(c(-c4ccc(F)c(Cl)c4)n2)OC[C@]3(C)C(N)=O)cc2sc(N)nc12. The number of aliphatic hydroxyl groups is 1. The Kier molecular flexibility index (Phi) is 6.93. The van der Waals surface area contributed by atoms with Gasteiger partial charge in [0.05, 0.1) is 22.5 Å². The molecule has 12 heteroatoms. The van der Waals surface area contributed by atoms with Gasteiger partial charge in [-0.05, 0) is 56.7 Å². The van der Waals surface area contributed by atoms with Crippen molar-refractivity contribution in [3.63, 3.8) is 0 Å². The van der Waals surface area contributed by atoms with Crippen molar-refractivity contribution in [1.82, 2.24) is 9.97 Å². The number of hydrogen-bond acceptors (Lipinski definition) is 9. The van der Waals surface area contributed by atoms with E-state index in [9.17, 15) is 19.1 Å². The number of thiazole rings is 1. The third-order valence-electron chi connectivity index (χ3n) is 7.22. The lowest BCUT2D eigenvalue weighted by molar-refractivity contribution is -0.123. The highest BCUT2D eigenvalue weighted by Crippen LogP contribution is 2.46. The van der Waals surface area contributed by atoms with Gasteiger partial charge in [-0.1, -0.05) is 22.9 Å². The highest BCUT2D eigenvalue weighted by molar-refractivity contribution is 7.22. The molecule has 0 aliphatic carbocycles. The van der Waals surface area contributed by atoms with Crippen molar-refractivity contribution in [3.8, 4) is 22.8 Å². The van der Waals surface area contributed by atoms with Crippen LogP contribution in [0.25, 0.3) is 21.5 Å². The first-order valence-electron chi connectivity index (χ1n) is 12.3. The molecule has 0 unspecified atom stereocenters. The third kappa shape index (κ3) is 4.74. The molecule has 2 atom stereocenters. The summed E-state index contributed by atoms with van der Waals surface area (Å²) in [6.45, 7) is 3.14. The summed E-state index contributed by atoms with van der Waals surface area (Å²) in [6, 6.07) is 8.92. The number of Topliss-reactive ketones (excluding diaryl/α,β-unsaturated/α-hetero) is 1. The number of nitrogen functional groups attached to an aromatic ring is 1. The lowest BCUT2D eigenvalue weighted by atomic mass is 9.81. The van der Waals surface area contributed by atoms with Gasteiger partial charge in [-0.25, -0.2) is 14.4 Å². The van der Waals surface area contributed by atoms with E-state index in [1.807, 2.05) is 0 Å². The van der Waals surface area contributed by atoms with E-state index in [2.05, 4.69) is 9.97 Å². The first-order valence-corrected chi connectivity index (χ1v) is 13.5. The third-order valence-corrected chi connectivity index (χ3v) is 8.34. The van der Waals surface area contributed by atoms with E-state index in [0.717, 1.165) is 0 Å². The van der Waals surface area contributed by atoms with Crippen molar-refractivity contribution in [2.45, 2.75) is 37.7 Å². The fourth-order valence-corrected chi connectivity index (χ4v) is 5.64. The maximum atomic E-state index is 13.9. The molecule has 5 rings (SSSR count). The van der Waals surface area contributed by atoms with Crippen molar-refractivity contribution >= 4 is 50.0 Å². The quantitative estimate of drug-likeness (QED) is 0.251. The zero-order chi connectivity index (χ0) is 29.0. The Morgan fingerprint density at radius 1 is 1.27 bits per heavy atom. The Hall–Kier alpha value is -3.80. The smallest absolute Gasteiger partial charge is 0.231 e. The Labute approximate surface area is 237 Å². The van der Waals surface area contributed by atoms with Gasteiger partial charge in [0.15, 0.2) is 10.9 Å². The number of pyridine rings is 1.